The summed E-state index contributed by atoms with van der Waals surface area (Å²) in [6.07, 6.45) is -5.73. The molecule has 0 unspecified atom stereocenters. The number of aromatic nitrogens is 2. The van der Waals surface area contributed by atoms with Crippen LogP contribution in [-0.2, 0) is 10.9 Å². The van der Waals surface area contributed by atoms with Crippen LogP contribution >= 0.6 is 0 Å². The van der Waals surface area contributed by atoms with Crippen molar-refractivity contribution in [2.45, 2.75) is 32.5 Å². The van der Waals surface area contributed by atoms with Gasteiger partial charge in [-0.3, -0.25) is 14.7 Å². The SMILES string of the molecule is CC(C)(C)OC(=O)Nc1ccc(C(=O)Nc2ccc(-n3c(C(F)(F)F)nc4ccccc43)cc2)c(F)c1F. The minimum Gasteiger partial charge on any atom is -0.444 e. The molecule has 4 rings (SSSR count). The number of alkyl halides is 3. The number of benzene rings is 3. The van der Waals surface area contributed by atoms with Crippen LogP contribution in [0.15, 0.2) is 60.7 Å². The standard InChI is InChI=1S/C26H21F5N4O3/c1-25(2,3)38-24(37)34-18-13-12-16(20(27)21(18)28)22(36)32-14-8-10-15(11-9-14)35-19-7-5-4-6-17(19)33-23(35)26(29,30)31/h4-13H,1-3H3,(H,32,36)(H,34,37). The molecule has 0 aliphatic heterocycles. The van der Waals surface area contributed by atoms with Gasteiger partial charge < -0.3 is 10.1 Å². The van der Waals surface area contributed by atoms with E-state index in [2.05, 4.69) is 15.6 Å². The van der Waals surface area contributed by atoms with Crippen molar-refractivity contribution in [2.75, 3.05) is 10.6 Å². The molecule has 4 aromatic rings. The molecule has 0 aliphatic carbocycles. The molecule has 0 aliphatic rings. The minimum atomic E-state index is -4.72. The van der Waals surface area contributed by atoms with Crippen LogP contribution in [0.25, 0.3) is 16.7 Å². The van der Waals surface area contributed by atoms with E-state index in [9.17, 15) is 31.5 Å². The third-order valence-electron chi connectivity index (χ3n) is 5.16. The van der Waals surface area contributed by atoms with Gasteiger partial charge in [-0.05, 0) is 69.3 Å². The summed E-state index contributed by atoms with van der Waals surface area (Å²) >= 11 is 0. The number of carbonyl (C=O) groups excluding carboxylic acids is 2. The van der Waals surface area contributed by atoms with Crippen molar-refractivity contribution >= 4 is 34.4 Å². The second-order valence-corrected chi connectivity index (χ2v) is 9.17. The lowest BCUT2D eigenvalue weighted by molar-refractivity contribution is -0.145. The lowest BCUT2D eigenvalue weighted by Crippen LogP contribution is -2.27. The fraction of sp³-hybridized carbons (Fsp3) is 0.192. The van der Waals surface area contributed by atoms with E-state index in [-0.39, 0.29) is 22.4 Å². The van der Waals surface area contributed by atoms with Gasteiger partial charge in [-0.25, -0.2) is 18.6 Å². The summed E-state index contributed by atoms with van der Waals surface area (Å²) < 4.78 is 75.9. The molecular formula is C26H21F5N4O3. The Kier molecular flexibility index (Phi) is 6.83. The van der Waals surface area contributed by atoms with E-state index in [1.54, 1.807) is 32.9 Å². The molecule has 0 spiro atoms. The number of rotatable bonds is 4. The van der Waals surface area contributed by atoms with E-state index in [1.807, 2.05) is 0 Å². The van der Waals surface area contributed by atoms with Crippen LogP contribution in [0.5, 0.6) is 0 Å². The molecule has 38 heavy (non-hydrogen) atoms. The summed E-state index contributed by atoms with van der Waals surface area (Å²) in [5, 5.41) is 4.44. The van der Waals surface area contributed by atoms with Crippen molar-refractivity contribution in [3.8, 4) is 5.69 Å². The number of para-hydroxylation sites is 2. The van der Waals surface area contributed by atoms with Gasteiger partial charge in [0.25, 0.3) is 5.91 Å². The van der Waals surface area contributed by atoms with E-state index in [0.717, 1.165) is 16.7 Å². The predicted octanol–water partition coefficient (Wildman–Crippen LogP) is 6.92. The van der Waals surface area contributed by atoms with Crippen LogP contribution < -0.4 is 10.6 Å². The topological polar surface area (TPSA) is 85.2 Å². The van der Waals surface area contributed by atoms with Crippen molar-refractivity contribution in [1.82, 2.24) is 9.55 Å². The summed E-state index contributed by atoms with van der Waals surface area (Å²) in [6.45, 7) is 4.78. The van der Waals surface area contributed by atoms with Crippen LogP contribution in [0.4, 0.5) is 38.1 Å². The Morgan fingerprint density at radius 1 is 0.868 bits per heavy atom. The number of nitrogens with zero attached hydrogens (tertiary/aromatic N) is 2. The molecule has 0 saturated carbocycles. The van der Waals surface area contributed by atoms with Crippen LogP contribution in [0, 0.1) is 11.6 Å². The maximum absolute atomic E-state index is 14.6. The number of ether oxygens (including phenoxy) is 1. The van der Waals surface area contributed by atoms with Crippen LogP contribution in [-0.4, -0.2) is 27.2 Å². The predicted molar refractivity (Wildman–Crippen MR) is 130 cm³/mol. The molecule has 12 heteroatoms. The summed E-state index contributed by atoms with van der Waals surface area (Å²) in [6, 6.07) is 13.4. The van der Waals surface area contributed by atoms with Gasteiger partial charge in [-0.2, -0.15) is 13.2 Å². The largest absolute Gasteiger partial charge is 0.450 e. The van der Waals surface area contributed by atoms with Gasteiger partial charge in [0, 0.05) is 11.4 Å². The summed E-state index contributed by atoms with van der Waals surface area (Å²) in [4.78, 5) is 28.1. The molecule has 2 amide bonds. The Labute approximate surface area is 213 Å². The van der Waals surface area contributed by atoms with Crippen molar-refractivity contribution in [3.05, 3.63) is 83.7 Å². The lowest BCUT2D eigenvalue weighted by atomic mass is 10.1. The highest BCUT2D eigenvalue weighted by atomic mass is 19.4. The summed E-state index contributed by atoms with van der Waals surface area (Å²) in [5.74, 6) is -5.10. The fourth-order valence-corrected chi connectivity index (χ4v) is 3.60. The first-order valence-corrected chi connectivity index (χ1v) is 11.2. The molecule has 1 aromatic heterocycles. The van der Waals surface area contributed by atoms with Gasteiger partial charge in [0.15, 0.2) is 11.6 Å². The number of amides is 2. The smallest absolute Gasteiger partial charge is 0.444 e. The molecular weight excluding hydrogens is 511 g/mol. The zero-order valence-corrected chi connectivity index (χ0v) is 20.3. The maximum Gasteiger partial charge on any atom is 0.450 e. The Bertz CT molecular complexity index is 1520. The van der Waals surface area contributed by atoms with E-state index in [4.69, 9.17) is 4.74 Å². The first kappa shape index (κ1) is 26.6. The van der Waals surface area contributed by atoms with E-state index in [0.29, 0.717) is 0 Å². The summed E-state index contributed by atoms with van der Waals surface area (Å²) in [5.41, 5.74) is -1.42. The van der Waals surface area contributed by atoms with Crippen LogP contribution in [0.2, 0.25) is 0 Å². The molecule has 0 atom stereocenters. The Hall–Kier alpha value is -4.48. The van der Waals surface area contributed by atoms with Crippen molar-refractivity contribution in [3.63, 3.8) is 0 Å². The van der Waals surface area contributed by atoms with Crippen molar-refractivity contribution in [2.24, 2.45) is 0 Å². The zero-order chi connectivity index (χ0) is 27.8. The molecule has 0 saturated heterocycles. The maximum atomic E-state index is 14.6. The molecule has 0 fully saturated rings. The van der Waals surface area contributed by atoms with Crippen LogP contribution in [0.3, 0.4) is 0 Å². The molecule has 0 radical (unpaired) electrons. The number of carbonyl (C=O) groups is 2. The van der Waals surface area contributed by atoms with Crippen molar-refractivity contribution in [1.29, 1.82) is 0 Å². The molecule has 3 aromatic carbocycles. The first-order valence-electron chi connectivity index (χ1n) is 11.2. The Morgan fingerprint density at radius 3 is 2.16 bits per heavy atom. The number of fused-ring (bicyclic) bond motifs is 1. The quantitative estimate of drug-likeness (QED) is 0.280. The van der Waals surface area contributed by atoms with Gasteiger partial charge >= 0.3 is 12.3 Å². The monoisotopic (exact) mass is 532 g/mol. The number of hydrogen-bond acceptors (Lipinski definition) is 4. The highest BCUT2D eigenvalue weighted by Gasteiger charge is 2.38. The highest BCUT2D eigenvalue weighted by Crippen LogP contribution is 2.34. The third kappa shape index (κ3) is 5.58. The molecule has 2 N–H and O–H groups in total. The Morgan fingerprint density at radius 2 is 1.53 bits per heavy atom. The third-order valence-corrected chi connectivity index (χ3v) is 5.16. The van der Waals surface area contributed by atoms with Gasteiger partial charge in [0.1, 0.15) is 5.60 Å². The molecule has 7 nitrogen and oxygen atoms in total. The molecule has 1 heterocycles. The van der Waals surface area contributed by atoms with Gasteiger partial charge in [-0.1, -0.05) is 12.1 Å². The fourth-order valence-electron chi connectivity index (χ4n) is 3.60. The minimum absolute atomic E-state index is 0.118. The number of halogens is 5. The van der Waals surface area contributed by atoms with E-state index in [1.165, 1.54) is 36.4 Å². The Balaban J connectivity index is 1.55. The number of nitrogens with one attached hydrogen (secondary N) is 2. The first-order chi connectivity index (χ1) is 17.7. The van der Waals surface area contributed by atoms with E-state index >= 15 is 0 Å². The number of hydrogen-bond donors (Lipinski definition) is 2. The average molecular weight is 532 g/mol. The zero-order valence-electron chi connectivity index (χ0n) is 20.3. The highest BCUT2D eigenvalue weighted by molar-refractivity contribution is 6.05. The summed E-state index contributed by atoms with van der Waals surface area (Å²) in [7, 11) is 0. The second kappa shape index (κ2) is 9.77. The molecule has 198 valence electrons. The average Bonchev–Trinajstić information content (AvgIpc) is 3.22. The van der Waals surface area contributed by atoms with Gasteiger partial charge in [0.2, 0.25) is 5.82 Å². The second-order valence-electron chi connectivity index (χ2n) is 9.17. The van der Waals surface area contributed by atoms with Gasteiger partial charge in [-0.15, -0.1) is 0 Å². The van der Waals surface area contributed by atoms with Crippen molar-refractivity contribution < 1.29 is 36.3 Å². The van der Waals surface area contributed by atoms with Crippen LogP contribution in [0.1, 0.15) is 37.0 Å². The van der Waals surface area contributed by atoms with E-state index < -0.39 is 52.5 Å². The number of imidazole rings is 1. The molecule has 0 bridgehead atoms. The number of anilines is 2. The lowest BCUT2D eigenvalue weighted by Gasteiger charge is -2.20. The normalized spacial score (nSPS) is 11.9. The van der Waals surface area contributed by atoms with Gasteiger partial charge in [0.05, 0.1) is 22.3 Å².